The molecule has 29 heavy (non-hydrogen) atoms. The van der Waals surface area contributed by atoms with Crippen molar-refractivity contribution in [2.45, 2.75) is 26.8 Å². The second-order valence-corrected chi connectivity index (χ2v) is 6.88. The van der Waals surface area contributed by atoms with Crippen molar-refractivity contribution in [2.75, 3.05) is 10.6 Å². The van der Waals surface area contributed by atoms with Gasteiger partial charge in [0.15, 0.2) is 0 Å². The lowest BCUT2D eigenvalue weighted by Crippen LogP contribution is -2.32. The van der Waals surface area contributed by atoms with E-state index < -0.39 is 6.04 Å². The van der Waals surface area contributed by atoms with Crippen LogP contribution >= 0.6 is 0 Å². The minimum Gasteiger partial charge on any atom is -0.457 e. The summed E-state index contributed by atoms with van der Waals surface area (Å²) in [5, 5.41) is 15.0. The molecule has 0 spiro atoms. The van der Waals surface area contributed by atoms with Gasteiger partial charge in [-0.1, -0.05) is 18.2 Å². The maximum atomic E-state index is 12.6. The normalized spacial score (nSPS) is 11.2. The molecule has 3 aromatic rings. The van der Waals surface area contributed by atoms with Crippen LogP contribution in [0.4, 0.5) is 11.4 Å². The monoisotopic (exact) mass is 385 g/mol. The van der Waals surface area contributed by atoms with Gasteiger partial charge in [0, 0.05) is 11.4 Å². The molecule has 0 aliphatic heterocycles. The summed E-state index contributed by atoms with van der Waals surface area (Å²) >= 11 is 0. The first kappa shape index (κ1) is 20.0. The molecular weight excluding hydrogens is 362 g/mol. The molecule has 0 aliphatic rings. The predicted molar refractivity (Wildman–Crippen MR) is 115 cm³/mol. The zero-order valence-electron chi connectivity index (χ0n) is 16.7. The van der Waals surface area contributed by atoms with Crippen LogP contribution in [0.5, 0.6) is 11.5 Å². The Labute approximate surface area is 171 Å². The smallest absolute Gasteiger partial charge is 0.246 e. The van der Waals surface area contributed by atoms with Gasteiger partial charge in [-0.3, -0.25) is 4.79 Å². The van der Waals surface area contributed by atoms with Crippen molar-refractivity contribution in [1.29, 1.82) is 5.26 Å². The highest BCUT2D eigenvalue weighted by Gasteiger charge is 2.15. The summed E-state index contributed by atoms with van der Waals surface area (Å²) in [6.45, 7) is 5.78. The van der Waals surface area contributed by atoms with E-state index in [1.807, 2.05) is 63.2 Å². The molecule has 5 heteroatoms. The van der Waals surface area contributed by atoms with E-state index in [2.05, 4.69) is 16.7 Å². The highest BCUT2D eigenvalue weighted by atomic mass is 16.5. The molecule has 0 aromatic heterocycles. The number of ether oxygens (including phenoxy) is 1. The molecule has 0 radical (unpaired) electrons. The van der Waals surface area contributed by atoms with Crippen LogP contribution in [0.15, 0.2) is 66.7 Å². The van der Waals surface area contributed by atoms with Crippen LogP contribution in [0.2, 0.25) is 0 Å². The summed E-state index contributed by atoms with van der Waals surface area (Å²) in [4.78, 5) is 12.6. The molecule has 2 N–H and O–H groups in total. The molecular formula is C24H23N3O2. The van der Waals surface area contributed by atoms with Gasteiger partial charge in [-0.25, -0.2) is 0 Å². The van der Waals surface area contributed by atoms with E-state index >= 15 is 0 Å². The number of nitriles is 1. The summed E-state index contributed by atoms with van der Waals surface area (Å²) in [5.41, 5.74) is 4.34. The van der Waals surface area contributed by atoms with Crippen LogP contribution < -0.4 is 15.4 Å². The standard InChI is InChI=1S/C24H23N3O2/c1-16-5-4-6-17(2)23(16)27-24(28)18(3)26-20-9-13-22(14-10-20)29-21-11-7-19(15-25)8-12-21/h4-14,18,26H,1-3H3,(H,27,28). The zero-order chi connectivity index (χ0) is 20.8. The number of benzene rings is 3. The number of hydrogen-bond donors (Lipinski definition) is 2. The number of nitrogens with zero attached hydrogens (tertiary/aromatic N) is 1. The molecule has 1 atom stereocenters. The van der Waals surface area contributed by atoms with Gasteiger partial charge in [-0.2, -0.15) is 5.26 Å². The Morgan fingerprint density at radius 1 is 0.931 bits per heavy atom. The minimum atomic E-state index is -0.403. The lowest BCUT2D eigenvalue weighted by atomic mass is 10.1. The van der Waals surface area contributed by atoms with Gasteiger partial charge < -0.3 is 15.4 Å². The average molecular weight is 385 g/mol. The third-order valence-electron chi connectivity index (χ3n) is 4.58. The SMILES string of the molecule is Cc1cccc(C)c1NC(=O)C(C)Nc1ccc(Oc2ccc(C#N)cc2)cc1. The maximum absolute atomic E-state index is 12.6. The summed E-state index contributed by atoms with van der Waals surface area (Å²) in [6, 6.07) is 21.9. The summed E-state index contributed by atoms with van der Waals surface area (Å²) in [6.07, 6.45) is 0. The van der Waals surface area contributed by atoms with Crippen molar-refractivity contribution in [3.63, 3.8) is 0 Å². The third kappa shape index (κ3) is 5.14. The van der Waals surface area contributed by atoms with Gasteiger partial charge in [-0.15, -0.1) is 0 Å². The molecule has 5 nitrogen and oxygen atoms in total. The first-order valence-electron chi connectivity index (χ1n) is 9.38. The van der Waals surface area contributed by atoms with Crippen molar-refractivity contribution in [2.24, 2.45) is 0 Å². The van der Waals surface area contributed by atoms with E-state index in [1.54, 1.807) is 24.3 Å². The Morgan fingerprint density at radius 3 is 2.03 bits per heavy atom. The Balaban J connectivity index is 1.59. The molecule has 0 saturated heterocycles. The van der Waals surface area contributed by atoms with Crippen LogP contribution in [0.1, 0.15) is 23.6 Å². The van der Waals surface area contributed by atoms with E-state index in [-0.39, 0.29) is 5.91 Å². The molecule has 146 valence electrons. The van der Waals surface area contributed by atoms with Crippen molar-refractivity contribution in [1.82, 2.24) is 0 Å². The number of rotatable bonds is 6. The van der Waals surface area contributed by atoms with Crippen LogP contribution in [0, 0.1) is 25.2 Å². The van der Waals surface area contributed by atoms with Crippen molar-refractivity contribution in [3.05, 3.63) is 83.4 Å². The number of carbonyl (C=O) groups is 1. The van der Waals surface area contributed by atoms with Crippen molar-refractivity contribution in [3.8, 4) is 17.6 Å². The van der Waals surface area contributed by atoms with E-state index in [9.17, 15) is 4.79 Å². The first-order valence-corrected chi connectivity index (χ1v) is 9.38. The Kier molecular flexibility index (Phi) is 6.16. The lowest BCUT2D eigenvalue weighted by Gasteiger charge is -2.18. The minimum absolute atomic E-state index is 0.0969. The fraction of sp³-hybridized carbons (Fsp3) is 0.167. The first-order chi connectivity index (χ1) is 14.0. The van der Waals surface area contributed by atoms with E-state index in [1.165, 1.54) is 0 Å². The summed E-state index contributed by atoms with van der Waals surface area (Å²) < 4.78 is 5.77. The number of nitrogens with one attached hydrogen (secondary N) is 2. The highest BCUT2D eigenvalue weighted by Crippen LogP contribution is 2.24. The predicted octanol–water partition coefficient (Wildman–Crippen LogP) is 5.41. The van der Waals surface area contributed by atoms with Gasteiger partial charge in [0.1, 0.15) is 17.5 Å². The number of aryl methyl sites for hydroxylation is 2. The molecule has 0 bridgehead atoms. The van der Waals surface area contributed by atoms with Crippen molar-refractivity contribution >= 4 is 17.3 Å². The molecule has 0 saturated carbocycles. The fourth-order valence-corrected chi connectivity index (χ4v) is 2.91. The number of anilines is 2. The van der Waals surface area contributed by atoms with Crippen LogP contribution in [-0.2, 0) is 4.79 Å². The fourth-order valence-electron chi connectivity index (χ4n) is 2.91. The average Bonchev–Trinajstić information content (AvgIpc) is 2.72. The largest absolute Gasteiger partial charge is 0.457 e. The quantitative estimate of drug-likeness (QED) is 0.595. The number of carbonyl (C=O) groups excluding carboxylic acids is 1. The maximum Gasteiger partial charge on any atom is 0.246 e. The van der Waals surface area contributed by atoms with E-state index in [4.69, 9.17) is 10.00 Å². The van der Waals surface area contributed by atoms with E-state index in [0.717, 1.165) is 22.5 Å². The molecule has 1 unspecified atom stereocenters. The second-order valence-electron chi connectivity index (χ2n) is 6.88. The van der Waals surface area contributed by atoms with Crippen LogP contribution in [0.25, 0.3) is 0 Å². The van der Waals surface area contributed by atoms with Crippen LogP contribution in [0.3, 0.4) is 0 Å². The Bertz CT molecular complexity index is 1010. The zero-order valence-corrected chi connectivity index (χ0v) is 16.7. The lowest BCUT2D eigenvalue weighted by molar-refractivity contribution is -0.116. The summed E-state index contributed by atoms with van der Waals surface area (Å²) in [7, 11) is 0. The molecule has 0 heterocycles. The van der Waals surface area contributed by atoms with E-state index in [0.29, 0.717) is 17.1 Å². The third-order valence-corrected chi connectivity index (χ3v) is 4.58. The topological polar surface area (TPSA) is 74.2 Å². The van der Waals surface area contributed by atoms with Gasteiger partial charge in [0.2, 0.25) is 5.91 Å². The number of hydrogen-bond acceptors (Lipinski definition) is 4. The highest BCUT2D eigenvalue weighted by molar-refractivity contribution is 5.97. The number of para-hydroxylation sites is 1. The van der Waals surface area contributed by atoms with Gasteiger partial charge in [-0.05, 0) is 80.4 Å². The molecule has 1 amide bonds. The molecule has 3 rings (SSSR count). The second kappa shape index (κ2) is 8.94. The van der Waals surface area contributed by atoms with Crippen LogP contribution in [-0.4, -0.2) is 11.9 Å². The Morgan fingerprint density at radius 2 is 1.48 bits per heavy atom. The van der Waals surface area contributed by atoms with Gasteiger partial charge in [0.25, 0.3) is 0 Å². The summed E-state index contributed by atoms with van der Waals surface area (Å²) in [5.74, 6) is 1.24. The Hall–Kier alpha value is -3.78. The molecule has 3 aromatic carbocycles. The number of amides is 1. The molecule has 0 aliphatic carbocycles. The van der Waals surface area contributed by atoms with Crippen molar-refractivity contribution < 1.29 is 9.53 Å². The van der Waals surface area contributed by atoms with Gasteiger partial charge in [0.05, 0.1) is 11.6 Å². The van der Waals surface area contributed by atoms with Gasteiger partial charge >= 0.3 is 0 Å². The molecule has 0 fully saturated rings.